The molecule has 18 heavy (non-hydrogen) atoms. The molecule has 1 N–H and O–H groups in total. The van der Waals surface area contributed by atoms with Crippen LogP contribution in [0.1, 0.15) is 59.3 Å². The van der Waals surface area contributed by atoms with E-state index in [0.29, 0.717) is 17.9 Å². The van der Waals surface area contributed by atoms with Crippen LogP contribution in [-0.2, 0) is 10.0 Å². The molecule has 1 aliphatic rings. The first-order valence-corrected chi connectivity index (χ1v) is 8.99. The summed E-state index contributed by atoms with van der Waals surface area (Å²) in [5.74, 6) is 1.41. The maximum atomic E-state index is 11.0. The van der Waals surface area contributed by atoms with E-state index in [1.165, 1.54) is 44.8 Å². The minimum atomic E-state index is -3.02. The van der Waals surface area contributed by atoms with E-state index < -0.39 is 10.0 Å². The van der Waals surface area contributed by atoms with Crippen LogP contribution in [0.4, 0.5) is 0 Å². The van der Waals surface area contributed by atoms with Gasteiger partial charge in [0.25, 0.3) is 0 Å². The Morgan fingerprint density at radius 2 is 1.56 bits per heavy atom. The Morgan fingerprint density at radius 3 is 2.00 bits per heavy atom. The molecule has 0 aromatic carbocycles. The van der Waals surface area contributed by atoms with E-state index in [1.807, 2.05) is 0 Å². The molecule has 1 saturated carbocycles. The van der Waals surface area contributed by atoms with Crippen LogP contribution in [0.15, 0.2) is 0 Å². The summed E-state index contributed by atoms with van der Waals surface area (Å²) in [5.41, 5.74) is 0.439. The van der Waals surface area contributed by atoms with Gasteiger partial charge in [-0.15, -0.1) is 0 Å². The van der Waals surface area contributed by atoms with Gasteiger partial charge in [0.1, 0.15) is 0 Å². The normalized spacial score (nSPS) is 26.2. The lowest BCUT2D eigenvalue weighted by atomic mass is 9.77. The van der Waals surface area contributed by atoms with E-state index in [4.69, 9.17) is 0 Å². The fourth-order valence-electron chi connectivity index (χ4n) is 2.63. The van der Waals surface area contributed by atoms with Crippen molar-refractivity contribution in [3.8, 4) is 0 Å². The molecule has 4 heteroatoms. The predicted octanol–water partition coefficient (Wildman–Crippen LogP) is 3.17. The molecule has 0 saturated heterocycles. The van der Waals surface area contributed by atoms with Gasteiger partial charge in [0.05, 0.1) is 6.26 Å². The Balaban J connectivity index is 2.21. The van der Waals surface area contributed by atoms with Crippen molar-refractivity contribution in [2.75, 3.05) is 12.8 Å². The zero-order valence-corrected chi connectivity index (χ0v) is 13.1. The molecule has 1 aliphatic carbocycles. The summed E-state index contributed by atoms with van der Waals surface area (Å²) in [5, 5.41) is 0. The smallest absolute Gasteiger partial charge is 0.208 e. The predicted molar refractivity (Wildman–Crippen MR) is 77.0 cm³/mol. The zero-order valence-electron chi connectivity index (χ0n) is 12.3. The van der Waals surface area contributed by atoms with Crippen molar-refractivity contribution in [1.82, 2.24) is 4.72 Å². The van der Waals surface area contributed by atoms with Crippen molar-refractivity contribution in [3.05, 3.63) is 0 Å². The lowest BCUT2D eigenvalue weighted by molar-refractivity contribution is 0.233. The lowest BCUT2D eigenvalue weighted by Gasteiger charge is -2.30. The van der Waals surface area contributed by atoms with Crippen LogP contribution in [0.25, 0.3) is 0 Å². The van der Waals surface area contributed by atoms with Gasteiger partial charge in [-0.05, 0) is 42.9 Å². The van der Waals surface area contributed by atoms with Crippen LogP contribution in [0.3, 0.4) is 0 Å². The van der Waals surface area contributed by atoms with Crippen molar-refractivity contribution in [3.63, 3.8) is 0 Å². The Bertz CT molecular complexity index is 335. The number of hydrogen-bond acceptors (Lipinski definition) is 2. The minimum absolute atomic E-state index is 0.439. The first-order valence-electron chi connectivity index (χ1n) is 7.10. The maximum absolute atomic E-state index is 11.0. The monoisotopic (exact) mass is 275 g/mol. The van der Waals surface area contributed by atoms with Gasteiger partial charge in [0.15, 0.2) is 0 Å². The third kappa shape index (κ3) is 7.37. The number of sulfonamides is 1. The highest BCUT2D eigenvalue weighted by atomic mass is 32.2. The van der Waals surface area contributed by atoms with E-state index in [2.05, 4.69) is 25.5 Å². The van der Waals surface area contributed by atoms with Crippen LogP contribution in [0, 0.1) is 17.3 Å². The average molecular weight is 275 g/mol. The molecule has 0 heterocycles. The first-order chi connectivity index (χ1) is 8.16. The van der Waals surface area contributed by atoms with E-state index in [0.717, 1.165) is 5.92 Å². The molecule has 1 rings (SSSR count). The molecule has 1 fully saturated rings. The summed E-state index contributed by atoms with van der Waals surface area (Å²) in [4.78, 5) is 0. The van der Waals surface area contributed by atoms with Gasteiger partial charge in [-0.3, -0.25) is 0 Å². The second-order valence-corrected chi connectivity index (χ2v) is 8.94. The molecule has 3 nitrogen and oxygen atoms in total. The Morgan fingerprint density at radius 1 is 1.06 bits per heavy atom. The van der Waals surface area contributed by atoms with Gasteiger partial charge in [-0.1, -0.05) is 33.6 Å². The minimum Gasteiger partial charge on any atom is -0.215 e. The Kier molecular flexibility index (Phi) is 5.66. The van der Waals surface area contributed by atoms with Crippen LogP contribution in [0.5, 0.6) is 0 Å². The van der Waals surface area contributed by atoms with E-state index in [9.17, 15) is 8.42 Å². The van der Waals surface area contributed by atoms with Crippen LogP contribution >= 0.6 is 0 Å². The number of hydrogen-bond donors (Lipinski definition) is 1. The Labute approximate surface area is 113 Å². The molecule has 0 atom stereocenters. The quantitative estimate of drug-likeness (QED) is 0.837. The van der Waals surface area contributed by atoms with Gasteiger partial charge in [-0.25, -0.2) is 13.1 Å². The van der Waals surface area contributed by atoms with E-state index in [-0.39, 0.29) is 0 Å². The van der Waals surface area contributed by atoms with Crippen molar-refractivity contribution in [2.45, 2.75) is 59.3 Å². The third-order valence-electron chi connectivity index (χ3n) is 3.90. The van der Waals surface area contributed by atoms with Gasteiger partial charge in [0.2, 0.25) is 10.0 Å². The first kappa shape index (κ1) is 16.0. The standard InChI is InChI=1S/C14H29NO2S/c1-14(2,3)10-9-12-5-7-13(8-6-12)11-15-18(4,16)17/h12-13,15H,5-11H2,1-4H3. The molecule has 0 spiro atoms. The molecule has 0 amide bonds. The fourth-order valence-corrected chi connectivity index (χ4v) is 3.17. The van der Waals surface area contributed by atoms with Crippen LogP contribution in [-0.4, -0.2) is 21.2 Å². The summed E-state index contributed by atoms with van der Waals surface area (Å²) in [7, 11) is -3.02. The molecule has 0 unspecified atom stereocenters. The largest absolute Gasteiger partial charge is 0.215 e. The molecular weight excluding hydrogens is 246 g/mol. The third-order valence-corrected chi connectivity index (χ3v) is 4.59. The SMILES string of the molecule is CC(C)(C)CCC1CCC(CNS(C)(=O)=O)CC1. The summed E-state index contributed by atoms with van der Waals surface area (Å²) in [6.45, 7) is 7.53. The van der Waals surface area contributed by atoms with E-state index >= 15 is 0 Å². The highest BCUT2D eigenvalue weighted by molar-refractivity contribution is 7.88. The van der Waals surface area contributed by atoms with Crippen molar-refractivity contribution in [2.24, 2.45) is 17.3 Å². The van der Waals surface area contributed by atoms with Crippen molar-refractivity contribution >= 4 is 10.0 Å². The zero-order chi connectivity index (χ0) is 13.8. The van der Waals surface area contributed by atoms with Gasteiger partial charge in [-0.2, -0.15) is 0 Å². The molecule has 0 aliphatic heterocycles. The fraction of sp³-hybridized carbons (Fsp3) is 1.00. The summed E-state index contributed by atoms with van der Waals surface area (Å²) >= 11 is 0. The van der Waals surface area contributed by atoms with E-state index in [1.54, 1.807) is 0 Å². The Hall–Kier alpha value is -0.0900. The van der Waals surface area contributed by atoms with Gasteiger partial charge in [0, 0.05) is 6.54 Å². The summed E-state index contributed by atoms with van der Waals surface area (Å²) in [6.07, 6.45) is 8.76. The highest BCUT2D eigenvalue weighted by Gasteiger charge is 2.23. The topological polar surface area (TPSA) is 46.2 Å². The molecule has 108 valence electrons. The van der Waals surface area contributed by atoms with Gasteiger partial charge < -0.3 is 0 Å². The maximum Gasteiger partial charge on any atom is 0.208 e. The molecule has 0 bridgehead atoms. The molecule has 0 aromatic rings. The summed E-state index contributed by atoms with van der Waals surface area (Å²) in [6, 6.07) is 0. The highest BCUT2D eigenvalue weighted by Crippen LogP contribution is 2.34. The van der Waals surface area contributed by atoms with Crippen molar-refractivity contribution < 1.29 is 8.42 Å². The van der Waals surface area contributed by atoms with Crippen LogP contribution in [0.2, 0.25) is 0 Å². The molecule has 0 radical (unpaired) electrons. The van der Waals surface area contributed by atoms with Gasteiger partial charge >= 0.3 is 0 Å². The lowest BCUT2D eigenvalue weighted by Crippen LogP contribution is -2.30. The van der Waals surface area contributed by atoms with Crippen molar-refractivity contribution in [1.29, 1.82) is 0 Å². The molecule has 0 aromatic heterocycles. The number of nitrogens with one attached hydrogen (secondary N) is 1. The average Bonchev–Trinajstić information content (AvgIpc) is 2.23. The summed E-state index contributed by atoms with van der Waals surface area (Å²) < 4.78 is 24.7. The molecular formula is C14H29NO2S. The number of rotatable bonds is 5. The van der Waals surface area contributed by atoms with Crippen LogP contribution < -0.4 is 4.72 Å². The second-order valence-electron chi connectivity index (χ2n) is 7.11. The second kappa shape index (κ2) is 6.38.